The predicted molar refractivity (Wildman–Crippen MR) is 109 cm³/mol. The Kier molecular flexibility index (Phi) is 4.97. The molecule has 0 unspecified atom stereocenters. The van der Waals surface area contributed by atoms with Crippen LogP contribution in [-0.2, 0) is 25.1 Å². The first-order valence-electron chi connectivity index (χ1n) is 9.78. The van der Waals surface area contributed by atoms with Crippen molar-refractivity contribution in [1.29, 1.82) is 0 Å². The van der Waals surface area contributed by atoms with Crippen molar-refractivity contribution in [2.45, 2.75) is 10.8 Å². The van der Waals surface area contributed by atoms with Gasteiger partial charge in [-0.3, -0.25) is 4.79 Å². The van der Waals surface area contributed by atoms with E-state index in [1.54, 1.807) is 9.80 Å². The highest BCUT2D eigenvalue weighted by Crippen LogP contribution is 2.46. The van der Waals surface area contributed by atoms with E-state index in [0.717, 1.165) is 11.1 Å². The van der Waals surface area contributed by atoms with Gasteiger partial charge in [-0.2, -0.15) is 0 Å². The summed E-state index contributed by atoms with van der Waals surface area (Å²) >= 11 is 0. The van der Waals surface area contributed by atoms with Crippen molar-refractivity contribution in [2.24, 2.45) is 0 Å². The Morgan fingerprint density at radius 2 is 1.03 bits per heavy atom. The molecule has 0 atom stereocenters. The number of ether oxygens (including phenoxy) is 2. The SMILES string of the molecule is COC(=O)N1CC2(c3ccccc3)CN(C(=O)OC)CC(c3ccccc3)(C1)C2=O. The second-order valence-electron chi connectivity index (χ2n) is 7.88. The third-order valence-electron chi connectivity index (χ3n) is 6.23. The molecule has 156 valence electrons. The van der Waals surface area contributed by atoms with E-state index in [0.29, 0.717) is 0 Å². The number of methoxy groups -OCH3 is 2. The number of rotatable bonds is 2. The van der Waals surface area contributed by atoms with Crippen molar-refractivity contribution >= 4 is 18.0 Å². The summed E-state index contributed by atoms with van der Waals surface area (Å²) in [7, 11) is 2.67. The van der Waals surface area contributed by atoms with E-state index in [4.69, 9.17) is 9.47 Å². The number of piperidine rings is 2. The number of ketones is 1. The van der Waals surface area contributed by atoms with Crippen LogP contribution in [0, 0.1) is 0 Å². The van der Waals surface area contributed by atoms with Gasteiger partial charge in [-0.25, -0.2) is 9.59 Å². The summed E-state index contributed by atoms with van der Waals surface area (Å²) in [5.74, 6) is 0.00714. The number of benzene rings is 2. The molecule has 2 aliphatic heterocycles. The summed E-state index contributed by atoms with van der Waals surface area (Å²) in [5.41, 5.74) is -0.651. The Hall–Kier alpha value is -3.35. The minimum Gasteiger partial charge on any atom is -0.453 e. The first-order chi connectivity index (χ1) is 14.5. The van der Waals surface area contributed by atoms with E-state index < -0.39 is 23.0 Å². The topological polar surface area (TPSA) is 76.2 Å². The molecular weight excluding hydrogens is 384 g/mol. The zero-order chi connectivity index (χ0) is 21.4. The number of hydrogen-bond donors (Lipinski definition) is 0. The van der Waals surface area contributed by atoms with Gasteiger partial charge in [-0.05, 0) is 11.1 Å². The van der Waals surface area contributed by atoms with Crippen LogP contribution in [0.1, 0.15) is 11.1 Å². The van der Waals surface area contributed by atoms with E-state index in [1.807, 2.05) is 60.7 Å². The Morgan fingerprint density at radius 1 is 0.700 bits per heavy atom. The fourth-order valence-corrected chi connectivity index (χ4v) is 4.92. The van der Waals surface area contributed by atoms with Crippen LogP contribution in [0.4, 0.5) is 9.59 Å². The lowest BCUT2D eigenvalue weighted by atomic mass is 9.58. The maximum Gasteiger partial charge on any atom is 0.409 e. The number of carbonyl (C=O) groups is 3. The quantitative estimate of drug-likeness (QED) is 0.764. The first-order valence-corrected chi connectivity index (χ1v) is 9.78. The lowest BCUT2D eigenvalue weighted by molar-refractivity contribution is -0.142. The summed E-state index contributed by atoms with van der Waals surface area (Å²) in [6, 6.07) is 18.7. The van der Waals surface area contributed by atoms with Crippen LogP contribution < -0.4 is 0 Å². The number of hydrogen-bond acceptors (Lipinski definition) is 5. The van der Waals surface area contributed by atoms with Crippen LogP contribution in [0.15, 0.2) is 60.7 Å². The summed E-state index contributed by atoms with van der Waals surface area (Å²) in [6.45, 7) is 0.518. The highest BCUT2D eigenvalue weighted by molar-refractivity contribution is 6.03. The number of carbonyl (C=O) groups excluding carboxylic acids is 3. The maximum atomic E-state index is 14.2. The molecule has 0 aromatic heterocycles. The molecule has 4 rings (SSSR count). The zero-order valence-electron chi connectivity index (χ0n) is 17.0. The molecule has 7 nitrogen and oxygen atoms in total. The van der Waals surface area contributed by atoms with Crippen LogP contribution in [0.2, 0.25) is 0 Å². The van der Waals surface area contributed by atoms with Crippen molar-refractivity contribution in [1.82, 2.24) is 9.80 Å². The number of fused-ring (bicyclic) bond motifs is 2. The number of amides is 2. The number of nitrogens with zero attached hydrogens (tertiary/aromatic N) is 2. The normalized spacial score (nSPS) is 25.6. The molecule has 0 spiro atoms. The van der Waals surface area contributed by atoms with Gasteiger partial charge in [0.2, 0.25) is 0 Å². The molecule has 0 N–H and O–H groups in total. The molecule has 0 aliphatic carbocycles. The third kappa shape index (κ3) is 2.93. The van der Waals surface area contributed by atoms with Gasteiger partial charge in [0.25, 0.3) is 0 Å². The highest BCUT2D eigenvalue weighted by atomic mass is 16.5. The average molecular weight is 408 g/mol. The average Bonchev–Trinajstić information content (AvgIpc) is 2.79. The second-order valence-corrected chi connectivity index (χ2v) is 7.88. The Morgan fingerprint density at radius 3 is 1.33 bits per heavy atom. The van der Waals surface area contributed by atoms with Crippen molar-refractivity contribution in [2.75, 3.05) is 40.4 Å². The molecule has 2 bridgehead atoms. The largest absolute Gasteiger partial charge is 0.453 e. The summed E-state index contributed by atoms with van der Waals surface area (Å²) in [6.07, 6.45) is -0.982. The lowest BCUT2D eigenvalue weighted by Crippen LogP contribution is -2.74. The summed E-state index contributed by atoms with van der Waals surface area (Å²) < 4.78 is 10.0. The molecule has 2 heterocycles. The van der Waals surface area contributed by atoms with Gasteiger partial charge in [0.15, 0.2) is 5.78 Å². The zero-order valence-corrected chi connectivity index (χ0v) is 17.0. The highest BCUT2D eigenvalue weighted by Gasteiger charge is 2.63. The monoisotopic (exact) mass is 408 g/mol. The van der Waals surface area contributed by atoms with Crippen LogP contribution in [-0.4, -0.2) is 68.2 Å². The van der Waals surface area contributed by atoms with Crippen LogP contribution in [0.25, 0.3) is 0 Å². The predicted octanol–water partition coefficient (Wildman–Crippen LogP) is 2.60. The molecule has 2 amide bonds. The molecule has 0 saturated carbocycles. The van der Waals surface area contributed by atoms with E-state index in [9.17, 15) is 14.4 Å². The molecule has 2 aromatic carbocycles. The number of likely N-dealkylation sites (tertiary alicyclic amines) is 2. The van der Waals surface area contributed by atoms with Crippen LogP contribution in [0.5, 0.6) is 0 Å². The Bertz CT molecular complexity index is 871. The van der Waals surface area contributed by atoms with Gasteiger partial charge < -0.3 is 19.3 Å². The van der Waals surface area contributed by atoms with Gasteiger partial charge >= 0.3 is 12.2 Å². The van der Waals surface area contributed by atoms with Crippen molar-refractivity contribution in [3.63, 3.8) is 0 Å². The van der Waals surface area contributed by atoms with Crippen molar-refractivity contribution < 1.29 is 23.9 Å². The standard InChI is InChI=1S/C23H24N2O5/c1-29-20(27)24-13-22(17-9-5-3-6-10-17)15-25(21(28)30-2)16-23(14-24,19(22)26)18-11-7-4-8-12-18/h3-12H,13-16H2,1-2H3. The van der Waals surface area contributed by atoms with Crippen molar-refractivity contribution in [3.05, 3.63) is 71.8 Å². The third-order valence-corrected chi connectivity index (χ3v) is 6.23. The molecule has 0 radical (unpaired) electrons. The van der Waals surface area contributed by atoms with E-state index in [2.05, 4.69) is 0 Å². The smallest absolute Gasteiger partial charge is 0.409 e. The van der Waals surface area contributed by atoms with Gasteiger partial charge in [0.1, 0.15) is 0 Å². The molecule has 2 fully saturated rings. The lowest BCUT2D eigenvalue weighted by Gasteiger charge is -2.56. The van der Waals surface area contributed by atoms with Gasteiger partial charge in [-0.15, -0.1) is 0 Å². The Balaban J connectivity index is 1.95. The van der Waals surface area contributed by atoms with Gasteiger partial charge in [0, 0.05) is 26.2 Å². The fourth-order valence-electron chi connectivity index (χ4n) is 4.92. The molecule has 7 heteroatoms. The summed E-state index contributed by atoms with van der Waals surface area (Å²) in [4.78, 5) is 42.6. The summed E-state index contributed by atoms with van der Waals surface area (Å²) in [5, 5.41) is 0. The van der Waals surface area contributed by atoms with E-state index in [-0.39, 0.29) is 32.0 Å². The molecule has 2 aliphatic rings. The van der Waals surface area contributed by atoms with Crippen LogP contribution >= 0.6 is 0 Å². The van der Waals surface area contributed by atoms with E-state index >= 15 is 0 Å². The van der Waals surface area contributed by atoms with E-state index in [1.165, 1.54) is 14.2 Å². The van der Waals surface area contributed by atoms with Gasteiger partial charge in [-0.1, -0.05) is 60.7 Å². The minimum atomic E-state index is -1.09. The maximum absolute atomic E-state index is 14.2. The fraction of sp³-hybridized carbons (Fsp3) is 0.348. The first kappa shape index (κ1) is 19.9. The molecule has 2 aromatic rings. The van der Waals surface area contributed by atoms with Crippen molar-refractivity contribution in [3.8, 4) is 0 Å². The Labute approximate surface area is 175 Å². The minimum absolute atomic E-state index is 0.00714. The molecule has 30 heavy (non-hydrogen) atoms. The van der Waals surface area contributed by atoms with Crippen LogP contribution in [0.3, 0.4) is 0 Å². The molecule has 2 saturated heterocycles. The molecular formula is C23H24N2O5. The second kappa shape index (κ2) is 7.48. The van der Waals surface area contributed by atoms with Gasteiger partial charge in [0.05, 0.1) is 25.0 Å². The number of Topliss-reactive ketones (excluding diaryl/α,β-unsaturated/α-hetero) is 1.